The van der Waals surface area contributed by atoms with Crippen LogP contribution in [0.1, 0.15) is 26.3 Å². The Hall–Kier alpha value is -2.53. The first-order valence-corrected chi connectivity index (χ1v) is 6.40. The Kier molecular flexibility index (Phi) is 4.14. The molecule has 2 aromatic rings. The molecule has 0 amide bonds. The second kappa shape index (κ2) is 5.85. The van der Waals surface area contributed by atoms with E-state index in [0.717, 1.165) is 0 Å². The van der Waals surface area contributed by atoms with Gasteiger partial charge in [0.15, 0.2) is 0 Å². The average molecular weight is 306 g/mol. The van der Waals surface area contributed by atoms with E-state index in [1.807, 2.05) is 0 Å². The smallest absolute Gasteiger partial charge is 0.336 e. The highest BCUT2D eigenvalue weighted by Gasteiger charge is 2.17. The summed E-state index contributed by atoms with van der Waals surface area (Å²) in [5.41, 5.74) is 1.18. The van der Waals surface area contributed by atoms with Crippen molar-refractivity contribution in [2.75, 3.05) is 5.32 Å². The summed E-state index contributed by atoms with van der Waals surface area (Å²) < 4.78 is 0. The molecule has 0 heterocycles. The van der Waals surface area contributed by atoms with E-state index in [1.165, 1.54) is 19.1 Å². The van der Waals surface area contributed by atoms with Gasteiger partial charge in [-0.1, -0.05) is 11.6 Å². The first-order chi connectivity index (χ1) is 9.88. The third kappa shape index (κ3) is 3.32. The number of halogens is 1. The van der Waals surface area contributed by atoms with E-state index in [0.29, 0.717) is 16.4 Å². The predicted octanol–water partition coefficient (Wildman–Crippen LogP) is 3.79. The van der Waals surface area contributed by atoms with Crippen LogP contribution in [0.2, 0.25) is 5.02 Å². The molecular formula is C15H12ClNO4. The van der Waals surface area contributed by atoms with Crippen LogP contribution in [-0.2, 0) is 0 Å². The number of carboxylic acids is 2. The van der Waals surface area contributed by atoms with Crippen molar-refractivity contribution in [2.24, 2.45) is 0 Å². The molecule has 0 bridgehead atoms. The summed E-state index contributed by atoms with van der Waals surface area (Å²) in [7, 11) is 0. The second-order valence-electron chi connectivity index (χ2n) is 4.44. The van der Waals surface area contributed by atoms with E-state index < -0.39 is 11.9 Å². The highest BCUT2D eigenvalue weighted by atomic mass is 35.5. The summed E-state index contributed by atoms with van der Waals surface area (Å²) in [6, 6.07) is 9.58. The summed E-state index contributed by atoms with van der Waals surface area (Å²) in [4.78, 5) is 22.4. The molecule has 2 aromatic carbocycles. The molecule has 3 N–H and O–H groups in total. The normalized spacial score (nSPS) is 10.2. The van der Waals surface area contributed by atoms with Crippen molar-refractivity contribution in [1.29, 1.82) is 0 Å². The maximum absolute atomic E-state index is 11.2. The van der Waals surface area contributed by atoms with Gasteiger partial charge in [0.05, 0.1) is 11.1 Å². The van der Waals surface area contributed by atoms with Crippen LogP contribution in [0.5, 0.6) is 0 Å². The minimum absolute atomic E-state index is 0.0497. The van der Waals surface area contributed by atoms with Crippen LogP contribution in [0.25, 0.3) is 0 Å². The Morgan fingerprint density at radius 2 is 1.43 bits per heavy atom. The van der Waals surface area contributed by atoms with Crippen LogP contribution in [0.4, 0.5) is 11.4 Å². The van der Waals surface area contributed by atoms with Crippen molar-refractivity contribution in [3.05, 3.63) is 58.1 Å². The Balaban J connectivity index is 2.46. The number of hydrogen-bond acceptors (Lipinski definition) is 3. The first kappa shape index (κ1) is 14.9. The molecule has 0 saturated heterocycles. The van der Waals surface area contributed by atoms with Crippen molar-refractivity contribution in [3.63, 3.8) is 0 Å². The Morgan fingerprint density at radius 3 is 1.86 bits per heavy atom. The van der Waals surface area contributed by atoms with Gasteiger partial charge in [0.25, 0.3) is 0 Å². The number of carboxylic acid groups (broad SMARTS) is 2. The zero-order valence-electron chi connectivity index (χ0n) is 11.1. The molecule has 0 unspecified atom stereocenters. The third-order valence-corrected chi connectivity index (χ3v) is 3.25. The van der Waals surface area contributed by atoms with E-state index in [-0.39, 0.29) is 16.7 Å². The summed E-state index contributed by atoms with van der Waals surface area (Å²) in [5.74, 6) is -2.34. The zero-order valence-corrected chi connectivity index (χ0v) is 11.8. The van der Waals surface area contributed by atoms with Gasteiger partial charge in [-0.05, 0) is 48.9 Å². The highest BCUT2D eigenvalue weighted by Crippen LogP contribution is 2.24. The van der Waals surface area contributed by atoms with Crippen LogP contribution in [0, 0.1) is 6.92 Å². The molecule has 108 valence electrons. The molecule has 0 spiro atoms. The maximum Gasteiger partial charge on any atom is 0.336 e. The van der Waals surface area contributed by atoms with E-state index in [2.05, 4.69) is 5.32 Å². The molecule has 0 aliphatic heterocycles. The summed E-state index contributed by atoms with van der Waals surface area (Å²) >= 11 is 5.79. The van der Waals surface area contributed by atoms with Crippen LogP contribution < -0.4 is 5.32 Å². The van der Waals surface area contributed by atoms with Gasteiger partial charge in [-0.25, -0.2) is 9.59 Å². The molecule has 6 heteroatoms. The lowest BCUT2D eigenvalue weighted by Crippen LogP contribution is -2.08. The largest absolute Gasteiger partial charge is 0.478 e. The van der Waals surface area contributed by atoms with Gasteiger partial charge >= 0.3 is 11.9 Å². The number of hydrogen-bond donors (Lipinski definition) is 3. The monoisotopic (exact) mass is 305 g/mol. The van der Waals surface area contributed by atoms with E-state index in [9.17, 15) is 9.59 Å². The Labute approximate surface area is 125 Å². The lowest BCUT2D eigenvalue weighted by atomic mass is 10.0. The van der Waals surface area contributed by atoms with Crippen molar-refractivity contribution in [3.8, 4) is 0 Å². The van der Waals surface area contributed by atoms with Crippen molar-refractivity contribution < 1.29 is 19.8 Å². The quantitative estimate of drug-likeness (QED) is 0.800. The van der Waals surface area contributed by atoms with Gasteiger partial charge < -0.3 is 15.5 Å². The SMILES string of the molecule is Cc1c(C(=O)O)cc(Nc2ccc(Cl)cc2)cc1C(=O)O. The molecule has 0 aliphatic rings. The fourth-order valence-corrected chi connectivity index (χ4v) is 2.06. The van der Waals surface area contributed by atoms with Gasteiger partial charge in [-0.3, -0.25) is 0 Å². The number of benzene rings is 2. The second-order valence-corrected chi connectivity index (χ2v) is 4.88. The van der Waals surface area contributed by atoms with Gasteiger partial charge in [0.2, 0.25) is 0 Å². The minimum atomic E-state index is -1.17. The van der Waals surface area contributed by atoms with Crippen molar-refractivity contribution in [1.82, 2.24) is 0 Å². The van der Waals surface area contributed by atoms with Crippen molar-refractivity contribution in [2.45, 2.75) is 6.92 Å². The number of anilines is 2. The van der Waals surface area contributed by atoms with Crippen LogP contribution in [0.3, 0.4) is 0 Å². The molecule has 0 atom stereocenters. The predicted molar refractivity (Wildman–Crippen MR) is 79.8 cm³/mol. The molecule has 0 aromatic heterocycles. The molecule has 0 aliphatic carbocycles. The van der Waals surface area contributed by atoms with Gasteiger partial charge in [0, 0.05) is 16.4 Å². The van der Waals surface area contributed by atoms with E-state index in [1.54, 1.807) is 24.3 Å². The molecule has 21 heavy (non-hydrogen) atoms. The lowest BCUT2D eigenvalue weighted by Gasteiger charge is -2.11. The highest BCUT2D eigenvalue weighted by molar-refractivity contribution is 6.30. The molecule has 0 fully saturated rings. The fourth-order valence-electron chi connectivity index (χ4n) is 1.93. The molecule has 5 nitrogen and oxygen atoms in total. The van der Waals surface area contributed by atoms with Gasteiger partial charge in [0.1, 0.15) is 0 Å². The topological polar surface area (TPSA) is 86.6 Å². The number of rotatable bonds is 4. The Bertz CT molecular complexity index is 675. The van der Waals surface area contributed by atoms with Crippen LogP contribution in [0.15, 0.2) is 36.4 Å². The summed E-state index contributed by atoms with van der Waals surface area (Å²) in [6.45, 7) is 1.47. The van der Waals surface area contributed by atoms with Crippen LogP contribution >= 0.6 is 11.6 Å². The number of aromatic carboxylic acids is 2. The van der Waals surface area contributed by atoms with Crippen molar-refractivity contribution >= 4 is 34.9 Å². The molecule has 0 saturated carbocycles. The van der Waals surface area contributed by atoms with E-state index >= 15 is 0 Å². The summed E-state index contributed by atoms with van der Waals surface area (Å²) in [6.07, 6.45) is 0. The standard InChI is InChI=1S/C15H12ClNO4/c1-8-12(14(18)19)6-11(7-13(8)15(20)21)17-10-4-2-9(16)3-5-10/h2-7,17H,1H3,(H,18,19)(H,20,21). The van der Waals surface area contributed by atoms with Crippen LogP contribution in [-0.4, -0.2) is 22.2 Å². The number of nitrogens with one attached hydrogen (secondary N) is 1. The number of carbonyl (C=O) groups is 2. The third-order valence-electron chi connectivity index (χ3n) is 3.00. The van der Waals surface area contributed by atoms with Gasteiger partial charge in [-0.2, -0.15) is 0 Å². The minimum Gasteiger partial charge on any atom is -0.478 e. The molecule has 0 radical (unpaired) electrons. The van der Waals surface area contributed by atoms with E-state index in [4.69, 9.17) is 21.8 Å². The fraction of sp³-hybridized carbons (Fsp3) is 0.0667. The zero-order chi connectivity index (χ0) is 15.6. The molecule has 2 rings (SSSR count). The average Bonchev–Trinajstić information content (AvgIpc) is 2.42. The first-order valence-electron chi connectivity index (χ1n) is 6.02. The van der Waals surface area contributed by atoms with Gasteiger partial charge in [-0.15, -0.1) is 0 Å². The Morgan fingerprint density at radius 1 is 0.952 bits per heavy atom. The maximum atomic E-state index is 11.2. The lowest BCUT2D eigenvalue weighted by molar-refractivity contribution is 0.0696. The molecular weight excluding hydrogens is 294 g/mol. The summed E-state index contributed by atoms with van der Waals surface area (Å²) in [5, 5.41) is 21.9.